The van der Waals surface area contributed by atoms with E-state index in [9.17, 15) is 5.11 Å². The molecule has 0 aliphatic heterocycles. The Balaban J connectivity index is 2.28. The molecule has 0 amide bonds. The Labute approximate surface area is 69.1 Å². The van der Waals surface area contributed by atoms with Crippen LogP contribution in [0.15, 0.2) is 12.2 Å². The van der Waals surface area contributed by atoms with Gasteiger partial charge in [0.15, 0.2) is 0 Å². The predicted molar refractivity (Wildman–Crippen MR) is 47.4 cm³/mol. The molecule has 2 atom stereocenters. The third-order valence-electron chi connectivity index (χ3n) is 2.44. The number of allylic oxidation sites excluding steroid dienone is 2. The molecular weight excluding hydrogens is 136 g/mol. The normalized spacial score (nSPS) is 26.9. The van der Waals surface area contributed by atoms with Crippen LogP contribution >= 0.6 is 0 Å². The molecule has 0 aromatic heterocycles. The van der Waals surface area contributed by atoms with Crippen molar-refractivity contribution in [1.82, 2.24) is 0 Å². The second-order valence-electron chi connectivity index (χ2n) is 3.40. The summed E-state index contributed by atoms with van der Waals surface area (Å²) in [6, 6.07) is 0. The van der Waals surface area contributed by atoms with Crippen molar-refractivity contribution in [2.75, 3.05) is 0 Å². The van der Waals surface area contributed by atoms with Gasteiger partial charge in [-0.1, -0.05) is 25.5 Å². The van der Waals surface area contributed by atoms with Crippen LogP contribution < -0.4 is 0 Å². The highest BCUT2D eigenvalue weighted by Crippen LogP contribution is 2.23. The molecule has 1 N–H and O–H groups in total. The van der Waals surface area contributed by atoms with E-state index in [-0.39, 0.29) is 6.10 Å². The Hall–Kier alpha value is -0.300. The second-order valence-corrected chi connectivity index (χ2v) is 3.40. The Kier molecular flexibility index (Phi) is 3.64. The fraction of sp³-hybridized carbons (Fsp3) is 0.800. The first-order valence-electron chi connectivity index (χ1n) is 4.67. The SMILES string of the molecule is CCCC(O)C1CC=CCC1. The third-order valence-corrected chi connectivity index (χ3v) is 2.44. The maximum absolute atomic E-state index is 9.64. The molecule has 0 saturated carbocycles. The molecule has 1 rings (SSSR count). The van der Waals surface area contributed by atoms with Crippen LogP contribution in [0.3, 0.4) is 0 Å². The summed E-state index contributed by atoms with van der Waals surface area (Å²) in [5.41, 5.74) is 0. The van der Waals surface area contributed by atoms with Crippen LogP contribution in [0.2, 0.25) is 0 Å². The number of hydrogen-bond acceptors (Lipinski definition) is 1. The van der Waals surface area contributed by atoms with Crippen molar-refractivity contribution in [2.24, 2.45) is 5.92 Å². The van der Waals surface area contributed by atoms with E-state index in [4.69, 9.17) is 0 Å². The molecule has 0 radical (unpaired) electrons. The van der Waals surface area contributed by atoms with E-state index in [1.54, 1.807) is 0 Å². The topological polar surface area (TPSA) is 20.2 Å². The molecular formula is C10H18O. The number of rotatable bonds is 3. The number of aliphatic hydroxyl groups excluding tert-OH is 1. The van der Waals surface area contributed by atoms with Gasteiger partial charge >= 0.3 is 0 Å². The molecule has 1 heteroatoms. The summed E-state index contributed by atoms with van der Waals surface area (Å²) in [6.07, 6.45) is 9.86. The fourth-order valence-corrected chi connectivity index (χ4v) is 1.70. The Morgan fingerprint density at radius 1 is 1.55 bits per heavy atom. The monoisotopic (exact) mass is 154 g/mol. The van der Waals surface area contributed by atoms with Crippen molar-refractivity contribution in [2.45, 2.75) is 45.1 Å². The highest BCUT2D eigenvalue weighted by molar-refractivity contribution is 4.91. The maximum Gasteiger partial charge on any atom is 0.0571 e. The molecule has 64 valence electrons. The van der Waals surface area contributed by atoms with E-state index in [2.05, 4.69) is 19.1 Å². The summed E-state index contributed by atoms with van der Waals surface area (Å²) < 4.78 is 0. The molecule has 0 saturated heterocycles. The molecule has 0 heterocycles. The average molecular weight is 154 g/mol. The van der Waals surface area contributed by atoms with Gasteiger partial charge in [0.2, 0.25) is 0 Å². The van der Waals surface area contributed by atoms with Crippen molar-refractivity contribution in [3.63, 3.8) is 0 Å². The minimum absolute atomic E-state index is 0.0510. The van der Waals surface area contributed by atoms with E-state index in [1.807, 2.05) is 0 Å². The molecule has 11 heavy (non-hydrogen) atoms. The quantitative estimate of drug-likeness (QED) is 0.619. The van der Waals surface area contributed by atoms with Gasteiger partial charge in [-0.15, -0.1) is 0 Å². The van der Waals surface area contributed by atoms with E-state index < -0.39 is 0 Å². The van der Waals surface area contributed by atoms with Gasteiger partial charge in [-0.3, -0.25) is 0 Å². The van der Waals surface area contributed by atoms with E-state index in [1.165, 1.54) is 6.42 Å². The van der Waals surface area contributed by atoms with Gasteiger partial charge < -0.3 is 5.11 Å². The van der Waals surface area contributed by atoms with Gasteiger partial charge in [0.1, 0.15) is 0 Å². The first-order chi connectivity index (χ1) is 5.34. The second kappa shape index (κ2) is 4.55. The lowest BCUT2D eigenvalue weighted by Gasteiger charge is -2.23. The highest BCUT2D eigenvalue weighted by atomic mass is 16.3. The van der Waals surface area contributed by atoms with Crippen LogP contribution in [-0.2, 0) is 0 Å². The van der Waals surface area contributed by atoms with E-state index in [0.29, 0.717) is 5.92 Å². The molecule has 0 aromatic rings. The molecule has 0 bridgehead atoms. The molecule has 0 spiro atoms. The molecule has 1 aliphatic rings. The summed E-state index contributed by atoms with van der Waals surface area (Å²) in [4.78, 5) is 0. The molecule has 1 aliphatic carbocycles. The van der Waals surface area contributed by atoms with Gasteiger partial charge in [0.25, 0.3) is 0 Å². The minimum Gasteiger partial charge on any atom is -0.393 e. The van der Waals surface area contributed by atoms with Gasteiger partial charge in [-0.25, -0.2) is 0 Å². The lowest BCUT2D eigenvalue weighted by Crippen LogP contribution is -2.20. The average Bonchev–Trinajstić information content (AvgIpc) is 2.07. The Bertz CT molecular complexity index is 129. The van der Waals surface area contributed by atoms with Gasteiger partial charge in [0, 0.05) is 0 Å². The van der Waals surface area contributed by atoms with Crippen LogP contribution in [0.5, 0.6) is 0 Å². The number of aliphatic hydroxyl groups is 1. The van der Waals surface area contributed by atoms with Crippen LogP contribution in [0, 0.1) is 5.92 Å². The first-order valence-corrected chi connectivity index (χ1v) is 4.67. The fourth-order valence-electron chi connectivity index (χ4n) is 1.70. The summed E-state index contributed by atoms with van der Waals surface area (Å²) in [5, 5.41) is 9.64. The minimum atomic E-state index is -0.0510. The highest BCUT2D eigenvalue weighted by Gasteiger charge is 2.17. The zero-order chi connectivity index (χ0) is 8.10. The summed E-state index contributed by atoms with van der Waals surface area (Å²) in [7, 11) is 0. The lowest BCUT2D eigenvalue weighted by atomic mass is 9.87. The Morgan fingerprint density at radius 2 is 2.36 bits per heavy atom. The van der Waals surface area contributed by atoms with Crippen molar-refractivity contribution in [1.29, 1.82) is 0 Å². The maximum atomic E-state index is 9.64. The summed E-state index contributed by atoms with van der Waals surface area (Å²) in [6.45, 7) is 2.13. The van der Waals surface area contributed by atoms with Crippen LogP contribution in [0.1, 0.15) is 39.0 Å². The summed E-state index contributed by atoms with van der Waals surface area (Å²) >= 11 is 0. The van der Waals surface area contributed by atoms with Crippen LogP contribution in [0.4, 0.5) is 0 Å². The standard InChI is InChI=1S/C10H18O/c1-2-6-10(11)9-7-4-3-5-8-9/h3-4,9-11H,2,5-8H2,1H3. The Morgan fingerprint density at radius 3 is 2.91 bits per heavy atom. The molecule has 1 nitrogen and oxygen atoms in total. The molecule has 0 aromatic carbocycles. The van der Waals surface area contributed by atoms with E-state index >= 15 is 0 Å². The smallest absolute Gasteiger partial charge is 0.0571 e. The zero-order valence-electron chi connectivity index (χ0n) is 7.29. The van der Waals surface area contributed by atoms with Gasteiger partial charge in [-0.05, 0) is 31.6 Å². The van der Waals surface area contributed by atoms with Crippen molar-refractivity contribution in [3.8, 4) is 0 Å². The predicted octanol–water partition coefficient (Wildman–Crippen LogP) is 2.50. The summed E-state index contributed by atoms with van der Waals surface area (Å²) in [5.74, 6) is 0.542. The van der Waals surface area contributed by atoms with Crippen LogP contribution in [0.25, 0.3) is 0 Å². The largest absolute Gasteiger partial charge is 0.393 e. The van der Waals surface area contributed by atoms with Gasteiger partial charge in [0.05, 0.1) is 6.10 Å². The first kappa shape index (κ1) is 8.79. The molecule has 0 fully saturated rings. The molecule has 2 unspecified atom stereocenters. The van der Waals surface area contributed by atoms with Crippen LogP contribution in [-0.4, -0.2) is 11.2 Å². The lowest BCUT2D eigenvalue weighted by molar-refractivity contribution is 0.0928. The van der Waals surface area contributed by atoms with Crippen molar-refractivity contribution < 1.29 is 5.11 Å². The van der Waals surface area contributed by atoms with Gasteiger partial charge in [-0.2, -0.15) is 0 Å². The van der Waals surface area contributed by atoms with Crippen molar-refractivity contribution >= 4 is 0 Å². The zero-order valence-corrected chi connectivity index (χ0v) is 7.29. The van der Waals surface area contributed by atoms with Crippen molar-refractivity contribution in [3.05, 3.63) is 12.2 Å². The number of hydrogen-bond donors (Lipinski definition) is 1. The van der Waals surface area contributed by atoms with E-state index in [0.717, 1.165) is 25.7 Å². The third kappa shape index (κ3) is 2.66.